The van der Waals surface area contributed by atoms with E-state index >= 15 is 0 Å². The lowest BCUT2D eigenvalue weighted by Gasteiger charge is -2.24. The van der Waals surface area contributed by atoms with E-state index in [4.69, 9.17) is 0 Å². The van der Waals surface area contributed by atoms with Gasteiger partial charge in [-0.2, -0.15) is 0 Å². The van der Waals surface area contributed by atoms with E-state index in [1.54, 1.807) is 31.5 Å². The molecule has 0 bridgehead atoms. The van der Waals surface area contributed by atoms with Crippen LogP contribution in [0.1, 0.15) is 19.5 Å². The molecule has 0 radical (unpaired) electrons. The van der Waals surface area contributed by atoms with Crippen molar-refractivity contribution in [2.75, 3.05) is 14.1 Å². The van der Waals surface area contributed by atoms with E-state index in [1.807, 2.05) is 13.8 Å². The second-order valence-electron chi connectivity index (χ2n) is 4.41. The first kappa shape index (κ1) is 15.9. The Balaban J connectivity index is 0.00000256. The Hall–Kier alpha value is -1.07. The Morgan fingerprint density at radius 3 is 2.59 bits per heavy atom. The van der Waals surface area contributed by atoms with Crippen LogP contribution >= 0.6 is 12.4 Å². The van der Waals surface area contributed by atoms with Crippen LogP contribution in [0.2, 0.25) is 0 Å². The van der Waals surface area contributed by atoms with Crippen molar-refractivity contribution in [2.45, 2.75) is 26.4 Å². The number of hydrogen-bond acceptors (Lipinski definition) is 3. The van der Waals surface area contributed by atoms with Crippen LogP contribution in [0.25, 0.3) is 0 Å². The molecule has 0 fully saturated rings. The van der Waals surface area contributed by atoms with Gasteiger partial charge in [0.25, 0.3) is 0 Å². The summed E-state index contributed by atoms with van der Waals surface area (Å²) in [5, 5.41) is 3.24. The van der Waals surface area contributed by atoms with E-state index in [0.717, 1.165) is 5.69 Å². The van der Waals surface area contributed by atoms with Crippen molar-refractivity contribution < 1.29 is 4.79 Å². The first-order chi connectivity index (χ1) is 7.52. The van der Waals surface area contributed by atoms with Gasteiger partial charge < -0.3 is 9.88 Å². The third-order valence-corrected chi connectivity index (χ3v) is 2.44. The number of carbonyl (C=O) groups excluding carboxylic acids is 1. The number of amides is 1. The van der Waals surface area contributed by atoms with E-state index in [0.29, 0.717) is 6.54 Å². The summed E-state index contributed by atoms with van der Waals surface area (Å²) < 4.78 is 0. The first-order valence-electron chi connectivity index (χ1n) is 5.44. The highest BCUT2D eigenvalue weighted by Crippen LogP contribution is 2.05. The molecule has 0 saturated heterocycles. The van der Waals surface area contributed by atoms with Gasteiger partial charge in [-0.1, -0.05) is 13.8 Å². The molecule has 1 aromatic rings. The molecule has 1 heterocycles. The average molecular weight is 261 g/mol. The van der Waals surface area contributed by atoms with Crippen molar-refractivity contribution >= 4 is 18.3 Å². The highest BCUT2D eigenvalue weighted by molar-refractivity contribution is 5.85. The summed E-state index contributed by atoms with van der Waals surface area (Å²) in [6.45, 7) is 4.69. The largest absolute Gasteiger partial charge is 0.347 e. The Kier molecular flexibility index (Phi) is 6.83. The number of nitrogens with zero attached hydrogens (tertiary/aromatic N) is 2. The number of H-pyrrole nitrogens is 1. The van der Waals surface area contributed by atoms with Gasteiger partial charge in [-0.3, -0.25) is 10.1 Å². The van der Waals surface area contributed by atoms with Crippen LogP contribution in [0.3, 0.4) is 0 Å². The van der Waals surface area contributed by atoms with Crippen LogP contribution in [0.15, 0.2) is 12.5 Å². The molecule has 0 saturated carbocycles. The number of imidazole rings is 1. The Morgan fingerprint density at radius 2 is 2.18 bits per heavy atom. The summed E-state index contributed by atoms with van der Waals surface area (Å²) >= 11 is 0. The molecule has 1 rings (SSSR count). The molecule has 0 aliphatic rings. The van der Waals surface area contributed by atoms with Gasteiger partial charge in [0.2, 0.25) is 5.91 Å². The number of aromatic nitrogens is 2. The summed E-state index contributed by atoms with van der Waals surface area (Å²) in [6.07, 6.45) is 3.39. The van der Waals surface area contributed by atoms with E-state index in [9.17, 15) is 4.79 Å². The Labute approximate surface area is 108 Å². The van der Waals surface area contributed by atoms with Gasteiger partial charge in [-0.25, -0.2) is 4.98 Å². The van der Waals surface area contributed by atoms with E-state index in [-0.39, 0.29) is 30.3 Å². The minimum Gasteiger partial charge on any atom is -0.347 e. The Morgan fingerprint density at radius 1 is 1.53 bits per heavy atom. The first-order valence-corrected chi connectivity index (χ1v) is 5.44. The molecule has 0 aliphatic carbocycles. The third kappa shape index (κ3) is 4.75. The molecular weight excluding hydrogens is 240 g/mol. The van der Waals surface area contributed by atoms with Crippen molar-refractivity contribution in [1.29, 1.82) is 0 Å². The topological polar surface area (TPSA) is 61.0 Å². The molecule has 1 unspecified atom stereocenters. The second kappa shape index (κ2) is 7.29. The fraction of sp³-hybridized carbons (Fsp3) is 0.636. The van der Waals surface area contributed by atoms with E-state index in [2.05, 4.69) is 15.3 Å². The monoisotopic (exact) mass is 260 g/mol. The minimum absolute atomic E-state index is 0. The molecule has 0 aromatic carbocycles. The summed E-state index contributed by atoms with van der Waals surface area (Å²) in [5.74, 6) is 0.368. The van der Waals surface area contributed by atoms with Gasteiger partial charge in [-0.15, -0.1) is 12.4 Å². The molecule has 0 spiro atoms. The molecule has 1 atom stereocenters. The fourth-order valence-corrected chi connectivity index (χ4v) is 1.49. The van der Waals surface area contributed by atoms with Crippen LogP contribution < -0.4 is 5.32 Å². The third-order valence-electron chi connectivity index (χ3n) is 2.44. The van der Waals surface area contributed by atoms with Crippen LogP contribution in [0, 0.1) is 5.92 Å². The molecule has 17 heavy (non-hydrogen) atoms. The predicted octanol–water partition coefficient (Wildman–Crippen LogP) is 1.03. The second-order valence-corrected chi connectivity index (χ2v) is 4.41. The zero-order chi connectivity index (χ0) is 12.1. The molecule has 1 amide bonds. The molecule has 0 aliphatic heterocycles. The van der Waals surface area contributed by atoms with Crippen molar-refractivity contribution in [3.05, 3.63) is 18.2 Å². The average Bonchev–Trinajstić information content (AvgIpc) is 2.69. The number of nitrogens with one attached hydrogen (secondary N) is 2. The zero-order valence-electron chi connectivity index (χ0n) is 10.7. The standard InChI is InChI=1S/C11H20N4O.ClH/c1-8(2)10(11(16)15(3)4)13-6-9-5-12-7-14-9;/h5,7-8,10,13H,6H2,1-4H3,(H,12,14);1H. The van der Waals surface area contributed by atoms with Gasteiger partial charge >= 0.3 is 0 Å². The van der Waals surface area contributed by atoms with Crippen LogP contribution in [-0.4, -0.2) is 40.9 Å². The summed E-state index contributed by atoms with van der Waals surface area (Å²) in [4.78, 5) is 20.4. The summed E-state index contributed by atoms with van der Waals surface area (Å²) in [6, 6.07) is -0.154. The van der Waals surface area contributed by atoms with Gasteiger partial charge in [0.1, 0.15) is 0 Å². The molecule has 1 aromatic heterocycles. The fourth-order valence-electron chi connectivity index (χ4n) is 1.49. The SMILES string of the molecule is CC(C)C(NCc1cnc[nH]1)C(=O)N(C)C.Cl. The summed E-state index contributed by atoms with van der Waals surface area (Å²) in [5.41, 5.74) is 0.984. The van der Waals surface area contributed by atoms with Gasteiger partial charge in [-0.05, 0) is 5.92 Å². The van der Waals surface area contributed by atoms with Crippen molar-refractivity contribution in [1.82, 2.24) is 20.2 Å². The van der Waals surface area contributed by atoms with Gasteiger partial charge in [0.05, 0.1) is 12.4 Å². The number of likely N-dealkylation sites (N-methyl/N-ethyl adjacent to an activating group) is 1. The highest BCUT2D eigenvalue weighted by Gasteiger charge is 2.22. The Bertz CT molecular complexity index is 324. The number of carbonyl (C=O) groups is 1. The van der Waals surface area contributed by atoms with Crippen molar-refractivity contribution in [2.24, 2.45) is 5.92 Å². The number of aromatic amines is 1. The molecule has 98 valence electrons. The number of halogens is 1. The predicted molar refractivity (Wildman–Crippen MR) is 70.0 cm³/mol. The van der Waals surface area contributed by atoms with E-state index < -0.39 is 0 Å². The smallest absolute Gasteiger partial charge is 0.239 e. The normalized spacial score (nSPS) is 12.1. The van der Waals surface area contributed by atoms with Crippen LogP contribution in [-0.2, 0) is 11.3 Å². The maximum Gasteiger partial charge on any atom is 0.239 e. The highest BCUT2D eigenvalue weighted by atomic mass is 35.5. The number of rotatable bonds is 5. The lowest BCUT2D eigenvalue weighted by Crippen LogP contribution is -2.46. The number of hydrogen-bond donors (Lipinski definition) is 2. The van der Waals surface area contributed by atoms with Crippen molar-refractivity contribution in [3.8, 4) is 0 Å². The molecule has 2 N–H and O–H groups in total. The molecular formula is C11H21ClN4O. The summed E-state index contributed by atoms with van der Waals surface area (Å²) in [7, 11) is 3.55. The lowest BCUT2D eigenvalue weighted by atomic mass is 10.0. The maximum atomic E-state index is 11.9. The van der Waals surface area contributed by atoms with E-state index in [1.165, 1.54) is 0 Å². The van der Waals surface area contributed by atoms with Gasteiger partial charge in [0.15, 0.2) is 0 Å². The molecule has 5 nitrogen and oxygen atoms in total. The van der Waals surface area contributed by atoms with Gasteiger partial charge in [0, 0.05) is 32.5 Å². The van der Waals surface area contributed by atoms with Crippen LogP contribution in [0.5, 0.6) is 0 Å². The zero-order valence-corrected chi connectivity index (χ0v) is 11.5. The minimum atomic E-state index is -0.154. The van der Waals surface area contributed by atoms with Crippen molar-refractivity contribution in [3.63, 3.8) is 0 Å². The quantitative estimate of drug-likeness (QED) is 0.832. The lowest BCUT2D eigenvalue weighted by molar-refractivity contribution is -0.132. The molecule has 6 heteroatoms. The van der Waals surface area contributed by atoms with Crippen LogP contribution in [0.4, 0.5) is 0 Å². The maximum absolute atomic E-state index is 11.9.